The minimum absolute atomic E-state index is 0.0547. The van der Waals surface area contributed by atoms with Gasteiger partial charge in [-0.3, -0.25) is 0 Å². The van der Waals surface area contributed by atoms with E-state index >= 15 is 0 Å². The van der Waals surface area contributed by atoms with Crippen molar-refractivity contribution in [3.8, 4) is 0 Å². The van der Waals surface area contributed by atoms with Crippen molar-refractivity contribution in [3.63, 3.8) is 0 Å². The van der Waals surface area contributed by atoms with Crippen molar-refractivity contribution in [3.05, 3.63) is 24.1 Å². The monoisotopic (exact) mass is 310 g/mol. The van der Waals surface area contributed by atoms with Gasteiger partial charge in [0.25, 0.3) is 0 Å². The second-order valence-electron chi connectivity index (χ2n) is 5.26. The van der Waals surface area contributed by atoms with Crippen LogP contribution < -0.4 is 5.32 Å². The van der Waals surface area contributed by atoms with Crippen molar-refractivity contribution in [2.75, 3.05) is 26.0 Å². The highest BCUT2D eigenvalue weighted by Gasteiger charge is 2.32. The van der Waals surface area contributed by atoms with Gasteiger partial charge in [-0.15, -0.1) is 0 Å². The summed E-state index contributed by atoms with van der Waals surface area (Å²) in [6, 6.07) is 4.92. The number of rotatable bonds is 4. The number of nitrogens with zero attached hydrogens (tertiary/aromatic N) is 1. The molecule has 2 aromatic rings. The Morgan fingerprint density at radius 1 is 1.38 bits per heavy atom. The van der Waals surface area contributed by atoms with Gasteiger partial charge in [0, 0.05) is 12.3 Å². The lowest BCUT2D eigenvalue weighted by atomic mass is 10.0. The van der Waals surface area contributed by atoms with Crippen LogP contribution in [0.2, 0.25) is 0 Å². The van der Waals surface area contributed by atoms with Crippen LogP contribution in [0.4, 0.5) is 0 Å². The molecule has 1 aromatic carbocycles. The summed E-state index contributed by atoms with van der Waals surface area (Å²) in [5.74, 6) is 0.651. The first kappa shape index (κ1) is 14.5. The summed E-state index contributed by atoms with van der Waals surface area (Å²) in [5, 5.41) is 3.35. The van der Waals surface area contributed by atoms with Crippen LogP contribution in [0.15, 0.2) is 27.5 Å². The first-order valence-corrected chi connectivity index (χ1v) is 8.80. The highest BCUT2D eigenvalue weighted by atomic mass is 32.2. The van der Waals surface area contributed by atoms with Crippen LogP contribution in [0.1, 0.15) is 18.7 Å². The zero-order valence-corrected chi connectivity index (χ0v) is 12.8. The molecule has 21 heavy (non-hydrogen) atoms. The second kappa shape index (κ2) is 5.40. The number of hydrogen-bond donors (Lipinski definition) is 1. The normalized spacial score (nSPS) is 23.0. The Balaban J connectivity index is 1.97. The van der Waals surface area contributed by atoms with E-state index in [2.05, 4.69) is 10.3 Å². The number of sulfone groups is 1. The number of ether oxygens (including phenoxy) is 1. The fourth-order valence-corrected chi connectivity index (χ4v) is 3.22. The average Bonchev–Trinajstić information content (AvgIpc) is 3.02. The predicted octanol–water partition coefficient (Wildman–Crippen LogP) is 1.32. The third kappa shape index (κ3) is 2.81. The number of hydrogen-bond acceptors (Lipinski definition) is 6. The average molecular weight is 310 g/mol. The Kier molecular flexibility index (Phi) is 3.73. The molecule has 7 heteroatoms. The summed E-state index contributed by atoms with van der Waals surface area (Å²) in [7, 11) is -3.24. The van der Waals surface area contributed by atoms with Gasteiger partial charge in [0.05, 0.1) is 24.0 Å². The fraction of sp³-hybridized carbons (Fsp3) is 0.500. The molecule has 0 saturated carbocycles. The molecule has 0 bridgehead atoms. The third-order valence-corrected chi connectivity index (χ3v) is 4.78. The number of likely N-dealkylation sites (N-methyl/N-ethyl adjacent to an activating group) is 1. The van der Waals surface area contributed by atoms with Gasteiger partial charge >= 0.3 is 0 Å². The molecule has 1 aliphatic rings. The van der Waals surface area contributed by atoms with Crippen molar-refractivity contribution < 1.29 is 17.6 Å². The summed E-state index contributed by atoms with van der Waals surface area (Å²) >= 11 is 0. The van der Waals surface area contributed by atoms with Crippen molar-refractivity contribution in [2.24, 2.45) is 0 Å². The summed E-state index contributed by atoms with van der Waals surface area (Å²) in [6.07, 6.45) is 1.18. The number of fused-ring (bicyclic) bond motifs is 1. The summed E-state index contributed by atoms with van der Waals surface area (Å²) in [5.41, 5.74) is 1.16. The maximum atomic E-state index is 11.6. The van der Waals surface area contributed by atoms with Crippen LogP contribution in [0.5, 0.6) is 0 Å². The first-order chi connectivity index (χ1) is 9.99. The van der Waals surface area contributed by atoms with E-state index in [0.717, 1.165) is 6.54 Å². The van der Waals surface area contributed by atoms with Gasteiger partial charge in [0.2, 0.25) is 5.89 Å². The van der Waals surface area contributed by atoms with Gasteiger partial charge < -0.3 is 14.5 Å². The Bertz CT molecular complexity index is 753. The standard InChI is InChI=1S/C14H18N2O4S/c1-3-15-12-8-19-7-10(12)14-16-11-6-9(21(2,17)18)4-5-13(11)20-14/h4-6,10,12,15H,3,7-8H2,1-2H3. The van der Waals surface area contributed by atoms with Crippen LogP contribution in [0.25, 0.3) is 11.1 Å². The molecule has 1 N–H and O–H groups in total. The zero-order valence-electron chi connectivity index (χ0n) is 12.0. The minimum atomic E-state index is -3.24. The second-order valence-corrected chi connectivity index (χ2v) is 7.28. The predicted molar refractivity (Wildman–Crippen MR) is 78.1 cm³/mol. The molecule has 0 radical (unpaired) electrons. The van der Waals surface area contributed by atoms with E-state index in [4.69, 9.17) is 9.15 Å². The molecule has 0 aliphatic carbocycles. The molecule has 114 valence electrons. The summed E-state index contributed by atoms with van der Waals surface area (Å²) < 4.78 is 34.4. The Morgan fingerprint density at radius 2 is 2.19 bits per heavy atom. The Hall–Kier alpha value is -1.44. The molecule has 2 unspecified atom stereocenters. The molecule has 2 heterocycles. The molecule has 0 amide bonds. The number of nitrogens with one attached hydrogen (secondary N) is 1. The van der Waals surface area contributed by atoms with Gasteiger partial charge in [0.15, 0.2) is 15.4 Å². The van der Waals surface area contributed by atoms with Gasteiger partial charge in [-0.1, -0.05) is 6.92 Å². The van der Waals surface area contributed by atoms with E-state index in [0.29, 0.717) is 30.2 Å². The molecule has 1 aromatic heterocycles. The fourth-order valence-electron chi connectivity index (χ4n) is 2.58. The van der Waals surface area contributed by atoms with Gasteiger partial charge in [-0.2, -0.15) is 0 Å². The van der Waals surface area contributed by atoms with Gasteiger partial charge in [-0.05, 0) is 24.7 Å². The van der Waals surface area contributed by atoms with E-state index < -0.39 is 9.84 Å². The molecule has 2 atom stereocenters. The lowest BCUT2D eigenvalue weighted by Crippen LogP contribution is -2.34. The highest BCUT2D eigenvalue weighted by Crippen LogP contribution is 2.29. The molecule has 3 rings (SSSR count). The van der Waals surface area contributed by atoms with Crippen molar-refractivity contribution in [2.45, 2.75) is 23.8 Å². The third-order valence-electron chi connectivity index (χ3n) is 3.67. The smallest absolute Gasteiger partial charge is 0.202 e. The molecule has 1 aliphatic heterocycles. The van der Waals surface area contributed by atoms with Gasteiger partial charge in [0.1, 0.15) is 5.52 Å². The van der Waals surface area contributed by atoms with Crippen LogP contribution in [-0.2, 0) is 14.6 Å². The van der Waals surface area contributed by atoms with Crippen molar-refractivity contribution in [1.82, 2.24) is 10.3 Å². The highest BCUT2D eigenvalue weighted by molar-refractivity contribution is 7.90. The van der Waals surface area contributed by atoms with Crippen LogP contribution in [0.3, 0.4) is 0 Å². The summed E-state index contributed by atoms with van der Waals surface area (Å²) in [6.45, 7) is 4.08. The molecular formula is C14H18N2O4S. The maximum absolute atomic E-state index is 11.6. The largest absolute Gasteiger partial charge is 0.440 e. The number of benzene rings is 1. The SMILES string of the molecule is CCNC1COCC1c1nc2cc(S(C)(=O)=O)ccc2o1. The van der Waals surface area contributed by atoms with Crippen LogP contribution in [0, 0.1) is 0 Å². The van der Waals surface area contributed by atoms with E-state index in [9.17, 15) is 8.42 Å². The van der Waals surface area contributed by atoms with E-state index in [-0.39, 0.29) is 16.9 Å². The quantitative estimate of drug-likeness (QED) is 0.917. The van der Waals surface area contributed by atoms with Crippen molar-refractivity contribution in [1.29, 1.82) is 0 Å². The van der Waals surface area contributed by atoms with E-state index in [1.807, 2.05) is 6.92 Å². The number of oxazole rings is 1. The maximum Gasteiger partial charge on any atom is 0.202 e. The lowest BCUT2D eigenvalue weighted by Gasteiger charge is -2.14. The molecule has 1 saturated heterocycles. The Morgan fingerprint density at radius 3 is 2.90 bits per heavy atom. The molecule has 6 nitrogen and oxygen atoms in total. The molecular weight excluding hydrogens is 292 g/mol. The molecule has 1 fully saturated rings. The molecule has 0 spiro atoms. The lowest BCUT2D eigenvalue weighted by molar-refractivity contribution is 0.186. The van der Waals surface area contributed by atoms with Gasteiger partial charge in [-0.25, -0.2) is 13.4 Å². The zero-order chi connectivity index (χ0) is 15.0. The van der Waals surface area contributed by atoms with E-state index in [1.54, 1.807) is 18.2 Å². The first-order valence-electron chi connectivity index (χ1n) is 6.90. The summed E-state index contributed by atoms with van der Waals surface area (Å²) in [4.78, 5) is 4.70. The minimum Gasteiger partial charge on any atom is -0.440 e. The van der Waals surface area contributed by atoms with Crippen LogP contribution in [-0.4, -0.2) is 45.5 Å². The topological polar surface area (TPSA) is 81.4 Å². The number of aromatic nitrogens is 1. The van der Waals surface area contributed by atoms with Crippen LogP contribution >= 0.6 is 0 Å². The van der Waals surface area contributed by atoms with E-state index in [1.165, 1.54) is 6.26 Å². The van der Waals surface area contributed by atoms with Crippen molar-refractivity contribution >= 4 is 20.9 Å². The Labute approximate surface area is 123 Å².